The zero-order chi connectivity index (χ0) is 22.6. The standard InChI is InChI=1S/C25H27N3O3/c1-5-25(4,24(31)27-22-17(2)9-8-10-18(22)3)28(19-12-14-20(29)15-13-19)23(30)21-11-6-7-16-26-21/h6-16,29H,5H2,1-4H3,(H,27,31)/t25-/m1/s1. The summed E-state index contributed by atoms with van der Waals surface area (Å²) in [4.78, 5) is 32.8. The number of hydrogen-bond donors (Lipinski definition) is 2. The van der Waals surface area contributed by atoms with Gasteiger partial charge in [-0.2, -0.15) is 0 Å². The van der Waals surface area contributed by atoms with E-state index in [4.69, 9.17) is 0 Å². The van der Waals surface area contributed by atoms with Crippen molar-refractivity contribution < 1.29 is 14.7 Å². The van der Waals surface area contributed by atoms with Crippen LogP contribution in [0, 0.1) is 13.8 Å². The Morgan fingerprint density at radius 2 is 1.65 bits per heavy atom. The summed E-state index contributed by atoms with van der Waals surface area (Å²) in [5, 5.41) is 12.8. The summed E-state index contributed by atoms with van der Waals surface area (Å²) in [6.07, 6.45) is 1.91. The fourth-order valence-electron chi connectivity index (χ4n) is 3.51. The molecule has 160 valence electrons. The molecule has 1 atom stereocenters. The van der Waals surface area contributed by atoms with Crippen molar-refractivity contribution in [1.29, 1.82) is 0 Å². The number of rotatable bonds is 6. The lowest BCUT2D eigenvalue weighted by Gasteiger charge is -2.39. The lowest BCUT2D eigenvalue weighted by atomic mass is 9.92. The summed E-state index contributed by atoms with van der Waals surface area (Å²) in [5.74, 6) is -0.621. The number of nitrogens with zero attached hydrogens (tertiary/aromatic N) is 2. The van der Waals surface area contributed by atoms with Crippen molar-refractivity contribution in [1.82, 2.24) is 4.98 Å². The highest BCUT2D eigenvalue weighted by molar-refractivity contribution is 6.13. The average molecular weight is 418 g/mol. The number of phenols is 1. The topological polar surface area (TPSA) is 82.5 Å². The minimum absolute atomic E-state index is 0.0761. The van der Waals surface area contributed by atoms with E-state index in [-0.39, 0.29) is 17.4 Å². The minimum atomic E-state index is -1.21. The zero-order valence-electron chi connectivity index (χ0n) is 18.2. The van der Waals surface area contributed by atoms with E-state index in [1.165, 1.54) is 17.0 Å². The maximum atomic E-state index is 13.6. The minimum Gasteiger partial charge on any atom is -0.508 e. The number of aryl methyl sites for hydroxylation is 2. The third kappa shape index (κ3) is 4.43. The van der Waals surface area contributed by atoms with Crippen LogP contribution in [-0.4, -0.2) is 27.4 Å². The monoisotopic (exact) mass is 417 g/mol. The van der Waals surface area contributed by atoms with Gasteiger partial charge in [0.15, 0.2) is 0 Å². The molecule has 1 heterocycles. The van der Waals surface area contributed by atoms with Gasteiger partial charge in [0, 0.05) is 17.6 Å². The molecule has 0 spiro atoms. The Labute approximate surface area is 182 Å². The first-order chi connectivity index (χ1) is 14.8. The van der Waals surface area contributed by atoms with Crippen LogP contribution in [0.2, 0.25) is 0 Å². The quantitative estimate of drug-likeness (QED) is 0.600. The molecular weight excluding hydrogens is 390 g/mol. The summed E-state index contributed by atoms with van der Waals surface area (Å²) in [5.41, 5.74) is 2.14. The molecule has 0 aliphatic heterocycles. The number of pyridine rings is 1. The van der Waals surface area contributed by atoms with Crippen LogP contribution in [0.4, 0.5) is 11.4 Å². The predicted octanol–water partition coefficient (Wildman–Crippen LogP) is 4.86. The van der Waals surface area contributed by atoms with E-state index >= 15 is 0 Å². The van der Waals surface area contributed by atoms with Gasteiger partial charge < -0.3 is 10.4 Å². The van der Waals surface area contributed by atoms with Gasteiger partial charge in [-0.1, -0.05) is 31.2 Å². The van der Waals surface area contributed by atoms with Gasteiger partial charge in [0.1, 0.15) is 17.0 Å². The highest BCUT2D eigenvalue weighted by Gasteiger charge is 2.42. The summed E-state index contributed by atoms with van der Waals surface area (Å²) < 4.78 is 0. The number of carbonyl (C=O) groups is 2. The van der Waals surface area contributed by atoms with Crippen LogP contribution in [0.3, 0.4) is 0 Å². The molecule has 2 N–H and O–H groups in total. The smallest absolute Gasteiger partial charge is 0.277 e. The SMILES string of the molecule is CC[C@](C)(C(=O)Nc1c(C)cccc1C)N(C(=O)c1ccccn1)c1ccc(O)cc1. The van der Waals surface area contributed by atoms with E-state index in [2.05, 4.69) is 10.3 Å². The Morgan fingerprint density at radius 3 is 2.19 bits per heavy atom. The Balaban J connectivity index is 2.08. The first-order valence-electron chi connectivity index (χ1n) is 10.2. The molecule has 0 fully saturated rings. The van der Waals surface area contributed by atoms with Gasteiger partial charge in [0.05, 0.1) is 0 Å². The normalized spacial score (nSPS) is 12.6. The van der Waals surface area contributed by atoms with Crippen molar-refractivity contribution in [2.24, 2.45) is 0 Å². The number of benzene rings is 2. The summed E-state index contributed by atoms with van der Waals surface area (Å²) in [6.45, 7) is 7.47. The van der Waals surface area contributed by atoms with Gasteiger partial charge in [-0.3, -0.25) is 19.5 Å². The summed E-state index contributed by atoms with van der Waals surface area (Å²) >= 11 is 0. The second-order valence-electron chi connectivity index (χ2n) is 7.72. The molecule has 6 heteroatoms. The maximum Gasteiger partial charge on any atom is 0.277 e. The highest BCUT2D eigenvalue weighted by atomic mass is 16.3. The van der Waals surface area contributed by atoms with Gasteiger partial charge in [0.25, 0.3) is 5.91 Å². The highest BCUT2D eigenvalue weighted by Crippen LogP contribution is 2.32. The largest absolute Gasteiger partial charge is 0.508 e. The Morgan fingerprint density at radius 1 is 1.00 bits per heavy atom. The lowest BCUT2D eigenvalue weighted by molar-refractivity contribution is -0.120. The van der Waals surface area contributed by atoms with Crippen molar-refractivity contribution in [3.05, 3.63) is 83.7 Å². The van der Waals surface area contributed by atoms with Crippen molar-refractivity contribution in [2.75, 3.05) is 10.2 Å². The van der Waals surface area contributed by atoms with E-state index in [0.717, 1.165) is 16.8 Å². The molecule has 0 aliphatic carbocycles. The fraction of sp³-hybridized carbons (Fsp3) is 0.240. The molecule has 6 nitrogen and oxygen atoms in total. The van der Waals surface area contributed by atoms with Crippen LogP contribution in [-0.2, 0) is 4.79 Å². The van der Waals surface area contributed by atoms with Crippen molar-refractivity contribution in [3.8, 4) is 5.75 Å². The van der Waals surface area contributed by atoms with Gasteiger partial charge in [-0.25, -0.2) is 0 Å². The van der Waals surface area contributed by atoms with Crippen molar-refractivity contribution in [3.63, 3.8) is 0 Å². The molecule has 3 aromatic rings. The maximum absolute atomic E-state index is 13.6. The molecule has 2 aromatic carbocycles. The van der Waals surface area contributed by atoms with Gasteiger partial charge >= 0.3 is 0 Å². The first kappa shape index (κ1) is 22.0. The van der Waals surface area contributed by atoms with E-state index in [1.54, 1.807) is 43.5 Å². The number of carbonyl (C=O) groups excluding carboxylic acids is 2. The number of anilines is 2. The molecule has 3 rings (SSSR count). The van der Waals surface area contributed by atoms with E-state index in [0.29, 0.717) is 12.1 Å². The van der Waals surface area contributed by atoms with Gasteiger partial charge in [0.2, 0.25) is 5.91 Å². The Kier molecular flexibility index (Phi) is 6.39. The van der Waals surface area contributed by atoms with Crippen LogP contribution < -0.4 is 10.2 Å². The van der Waals surface area contributed by atoms with Gasteiger partial charge in [-0.05, 0) is 74.7 Å². The molecule has 31 heavy (non-hydrogen) atoms. The van der Waals surface area contributed by atoms with E-state index in [1.807, 2.05) is 39.0 Å². The third-order valence-corrected chi connectivity index (χ3v) is 5.59. The zero-order valence-corrected chi connectivity index (χ0v) is 18.2. The second kappa shape index (κ2) is 9.00. The number of para-hydroxylation sites is 1. The number of hydrogen-bond acceptors (Lipinski definition) is 4. The van der Waals surface area contributed by atoms with Crippen LogP contribution in [0.15, 0.2) is 66.9 Å². The molecular formula is C25H27N3O3. The Bertz CT molecular complexity index is 1060. The lowest BCUT2D eigenvalue weighted by Crippen LogP contribution is -2.57. The van der Waals surface area contributed by atoms with E-state index in [9.17, 15) is 14.7 Å². The van der Waals surface area contributed by atoms with Crippen molar-refractivity contribution in [2.45, 2.75) is 39.7 Å². The number of aromatic nitrogens is 1. The fourth-order valence-corrected chi connectivity index (χ4v) is 3.51. The number of amides is 2. The van der Waals surface area contributed by atoms with E-state index < -0.39 is 11.4 Å². The molecule has 0 saturated carbocycles. The Hall–Kier alpha value is -3.67. The predicted molar refractivity (Wildman–Crippen MR) is 122 cm³/mol. The van der Waals surface area contributed by atoms with Crippen LogP contribution in [0.1, 0.15) is 41.9 Å². The molecule has 2 amide bonds. The second-order valence-corrected chi connectivity index (χ2v) is 7.72. The number of aromatic hydroxyl groups is 1. The number of nitrogens with one attached hydrogen (secondary N) is 1. The number of phenolic OH excluding ortho intramolecular Hbond substituents is 1. The first-order valence-corrected chi connectivity index (χ1v) is 10.2. The molecule has 0 bridgehead atoms. The third-order valence-electron chi connectivity index (χ3n) is 5.59. The summed E-state index contributed by atoms with van der Waals surface area (Å²) in [6, 6.07) is 17.1. The molecule has 0 saturated heterocycles. The molecule has 0 unspecified atom stereocenters. The summed E-state index contributed by atoms with van der Waals surface area (Å²) in [7, 11) is 0. The molecule has 1 aromatic heterocycles. The van der Waals surface area contributed by atoms with Crippen LogP contribution in [0.5, 0.6) is 5.75 Å². The van der Waals surface area contributed by atoms with Crippen LogP contribution >= 0.6 is 0 Å². The van der Waals surface area contributed by atoms with Crippen LogP contribution in [0.25, 0.3) is 0 Å². The molecule has 0 aliphatic rings. The van der Waals surface area contributed by atoms with Gasteiger partial charge in [-0.15, -0.1) is 0 Å². The average Bonchev–Trinajstić information content (AvgIpc) is 2.78. The molecule has 0 radical (unpaired) electrons. The van der Waals surface area contributed by atoms with Crippen molar-refractivity contribution >= 4 is 23.2 Å².